The van der Waals surface area contributed by atoms with Gasteiger partial charge in [-0.1, -0.05) is 36.4 Å². The predicted molar refractivity (Wildman–Crippen MR) is 125 cm³/mol. The Labute approximate surface area is 192 Å². The summed E-state index contributed by atoms with van der Waals surface area (Å²) < 4.78 is 13.8. The summed E-state index contributed by atoms with van der Waals surface area (Å²) in [6.07, 6.45) is 3.15. The van der Waals surface area contributed by atoms with E-state index in [0.29, 0.717) is 11.6 Å². The molecular formula is C27H23FN4O. The molecule has 2 unspecified atom stereocenters. The summed E-state index contributed by atoms with van der Waals surface area (Å²) in [4.78, 5) is 15.0. The molecule has 1 heterocycles. The fraction of sp³-hybridized carbons (Fsp3) is 0.259. The van der Waals surface area contributed by atoms with E-state index in [1.54, 1.807) is 18.2 Å². The van der Waals surface area contributed by atoms with Gasteiger partial charge in [0.05, 0.1) is 6.57 Å². The molecule has 2 atom stereocenters. The monoisotopic (exact) mass is 438 g/mol. The number of guanidine groups is 1. The molecule has 0 aromatic heterocycles. The SMILES string of the molecule is [C-]#[N+]c1cccc(-c2ccc3c(c2)C2(N=C(N)N(C)O2)C2(CCc4cc(F)ccc4C2)C3)c1. The minimum absolute atomic E-state index is 0.195. The van der Waals surface area contributed by atoms with Crippen LogP contribution in [0.1, 0.15) is 28.7 Å². The molecule has 0 amide bonds. The highest BCUT2D eigenvalue weighted by Crippen LogP contribution is 2.61. The first-order valence-corrected chi connectivity index (χ1v) is 11.1. The zero-order chi connectivity index (χ0) is 22.8. The zero-order valence-corrected chi connectivity index (χ0v) is 18.3. The van der Waals surface area contributed by atoms with Crippen molar-refractivity contribution in [2.75, 3.05) is 7.05 Å². The quantitative estimate of drug-likeness (QED) is 0.537. The summed E-state index contributed by atoms with van der Waals surface area (Å²) in [6.45, 7) is 7.35. The van der Waals surface area contributed by atoms with E-state index in [2.05, 4.69) is 23.0 Å². The lowest BCUT2D eigenvalue weighted by atomic mass is 9.65. The number of nitrogens with two attached hydrogens (primary N) is 1. The third-order valence-electron chi connectivity index (χ3n) is 7.46. The van der Waals surface area contributed by atoms with Gasteiger partial charge in [0.15, 0.2) is 5.69 Å². The number of hydrogen-bond donors (Lipinski definition) is 1. The van der Waals surface area contributed by atoms with Gasteiger partial charge >= 0.3 is 0 Å². The molecule has 164 valence electrons. The topological polar surface area (TPSA) is 55.2 Å². The first-order valence-electron chi connectivity index (χ1n) is 11.1. The number of aliphatic imine (C=N–C) groups is 1. The predicted octanol–water partition coefficient (Wildman–Crippen LogP) is 5.12. The summed E-state index contributed by atoms with van der Waals surface area (Å²) in [5, 5.41) is 1.56. The molecular weight excluding hydrogens is 415 g/mol. The van der Waals surface area contributed by atoms with Crippen LogP contribution in [0.4, 0.5) is 10.1 Å². The second-order valence-corrected chi connectivity index (χ2v) is 9.28. The summed E-state index contributed by atoms with van der Waals surface area (Å²) in [7, 11) is 1.79. The first-order chi connectivity index (χ1) is 15.9. The van der Waals surface area contributed by atoms with Gasteiger partial charge in [0.25, 0.3) is 0 Å². The zero-order valence-electron chi connectivity index (χ0n) is 18.3. The molecule has 3 aromatic carbocycles. The Bertz CT molecular complexity index is 1380. The van der Waals surface area contributed by atoms with E-state index >= 15 is 0 Å². The van der Waals surface area contributed by atoms with Crippen LogP contribution in [0.2, 0.25) is 0 Å². The largest absolute Gasteiger partial charge is 0.368 e. The van der Waals surface area contributed by atoms with Crippen LogP contribution >= 0.6 is 0 Å². The lowest BCUT2D eigenvalue weighted by Crippen LogP contribution is -2.47. The number of rotatable bonds is 1. The lowest BCUT2D eigenvalue weighted by Gasteiger charge is -2.44. The van der Waals surface area contributed by atoms with E-state index in [4.69, 9.17) is 22.1 Å². The maximum absolute atomic E-state index is 13.8. The lowest BCUT2D eigenvalue weighted by molar-refractivity contribution is -0.224. The third kappa shape index (κ3) is 2.82. The maximum atomic E-state index is 13.8. The second-order valence-electron chi connectivity index (χ2n) is 9.28. The van der Waals surface area contributed by atoms with Gasteiger partial charge in [-0.15, -0.1) is 0 Å². The molecule has 0 fully saturated rings. The number of benzene rings is 3. The smallest absolute Gasteiger partial charge is 0.221 e. The van der Waals surface area contributed by atoms with E-state index in [0.717, 1.165) is 53.5 Å². The highest BCUT2D eigenvalue weighted by atomic mass is 19.1. The Morgan fingerprint density at radius 3 is 2.61 bits per heavy atom. The van der Waals surface area contributed by atoms with Crippen molar-refractivity contribution in [1.29, 1.82) is 0 Å². The summed E-state index contributed by atoms with van der Waals surface area (Å²) in [6, 6.07) is 19.1. The Morgan fingerprint density at radius 1 is 1.03 bits per heavy atom. The van der Waals surface area contributed by atoms with Crippen molar-refractivity contribution in [3.05, 3.63) is 100 Å². The standard InChI is InChI=1S/C27H23FN4O/c1-30-23-5-3-4-17(13-23)18-6-7-21-16-26(11-10-19-12-22(28)9-8-20(19)15-26)27(24(21)14-18)31-25(29)32(2)33-27/h3-9,12-14H,10-11,15-16H2,2H3,(H2,29,31). The van der Waals surface area contributed by atoms with Crippen molar-refractivity contribution in [2.45, 2.75) is 31.4 Å². The van der Waals surface area contributed by atoms with E-state index in [9.17, 15) is 4.39 Å². The second kappa shape index (κ2) is 6.90. The Kier molecular flexibility index (Phi) is 4.17. The van der Waals surface area contributed by atoms with Crippen LogP contribution in [0.3, 0.4) is 0 Å². The fourth-order valence-corrected chi connectivity index (χ4v) is 5.84. The molecule has 2 N–H and O–H groups in total. The molecule has 3 aliphatic rings. The average Bonchev–Trinajstić information content (AvgIpc) is 3.26. The van der Waals surface area contributed by atoms with Crippen molar-refractivity contribution < 1.29 is 9.23 Å². The van der Waals surface area contributed by atoms with Gasteiger partial charge in [-0.2, -0.15) is 0 Å². The number of hydroxylamine groups is 2. The number of aryl methyl sites for hydroxylation is 1. The van der Waals surface area contributed by atoms with Crippen LogP contribution in [0.25, 0.3) is 16.0 Å². The van der Waals surface area contributed by atoms with E-state index in [-0.39, 0.29) is 11.2 Å². The van der Waals surface area contributed by atoms with Gasteiger partial charge in [0, 0.05) is 18.0 Å². The van der Waals surface area contributed by atoms with Gasteiger partial charge in [-0.05, 0) is 77.8 Å². The molecule has 2 spiro atoms. The Hall–Kier alpha value is -3.69. The van der Waals surface area contributed by atoms with Crippen molar-refractivity contribution in [3.8, 4) is 11.1 Å². The van der Waals surface area contributed by atoms with E-state index < -0.39 is 5.72 Å². The van der Waals surface area contributed by atoms with Crippen LogP contribution in [-0.4, -0.2) is 18.1 Å². The number of fused-ring (bicyclic) bond motifs is 4. The van der Waals surface area contributed by atoms with Crippen molar-refractivity contribution in [1.82, 2.24) is 5.06 Å². The van der Waals surface area contributed by atoms with Gasteiger partial charge in [-0.3, -0.25) is 0 Å². The normalized spacial score (nSPS) is 25.1. The molecule has 0 radical (unpaired) electrons. The molecule has 5 nitrogen and oxygen atoms in total. The summed E-state index contributed by atoms with van der Waals surface area (Å²) in [5.74, 6) is 0.159. The van der Waals surface area contributed by atoms with Gasteiger partial charge in [-0.25, -0.2) is 24.1 Å². The Morgan fingerprint density at radius 2 is 1.82 bits per heavy atom. The van der Waals surface area contributed by atoms with E-state index in [1.807, 2.05) is 30.3 Å². The number of nitrogens with zero attached hydrogens (tertiary/aromatic N) is 3. The highest BCUT2D eigenvalue weighted by Gasteiger charge is 2.63. The summed E-state index contributed by atoms with van der Waals surface area (Å²) in [5.41, 5.74) is 12.0. The van der Waals surface area contributed by atoms with Gasteiger partial charge in [0.1, 0.15) is 5.82 Å². The van der Waals surface area contributed by atoms with Crippen molar-refractivity contribution in [2.24, 2.45) is 16.1 Å². The molecule has 0 saturated heterocycles. The first kappa shape index (κ1) is 20.0. The number of hydrogen-bond acceptors (Lipinski definition) is 4. The molecule has 33 heavy (non-hydrogen) atoms. The van der Waals surface area contributed by atoms with Gasteiger partial charge in [0.2, 0.25) is 11.7 Å². The molecule has 2 aliphatic carbocycles. The molecule has 0 bridgehead atoms. The fourth-order valence-electron chi connectivity index (χ4n) is 5.84. The van der Waals surface area contributed by atoms with E-state index in [1.165, 1.54) is 11.6 Å². The highest BCUT2D eigenvalue weighted by molar-refractivity contribution is 5.79. The average molecular weight is 439 g/mol. The molecule has 3 aromatic rings. The third-order valence-corrected chi connectivity index (χ3v) is 7.46. The minimum atomic E-state index is -0.930. The minimum Gasteiger partial charge on any atom is -0.368 e. The molecule has 0 saturated carbocycles. The van der Waals surface area contributed by atoms with Crippen molar-refractivity contribution >= 4 is 11.6 Å². The Balaban J connectivity index is 1.51. The molecule has 6 heteroatoms. The van der Waals surface area contributed by atoms with Crippen LogP contribution in [0, 0.1) is 17.8 Å². The van der Waals surface area contributed by atoms with Crippen LogP contribution < -0.4 is 5.73 Å². The number of halogens is 1. The molecule has 6 rings (SSSR count). The van der Waals surface area contributed by atoms with Crippen molar-refractivity contribution in [3.63, 3.8) is 0 Å². The van der Waals surface area contributed by atoms with Gasteiger partial charge < -0.3 is 5.73 Å². The van der Waals surface area contributed by atoms with Crippen LogP contribution in [-0.2, 0) is 29.8 Å². The molecule has 1 aliphatic heterocycles. The van der Waals surface area contributed by atoms with Crippen LogP contribution in [0.5, 0.6) is 0 Å². The summed E-state index contributed by atoms with van der Waals surface area (Å²) >= 11 is 0. The van der Waals surface area contributed by atoms with Crippen LogP contribution in [0.15, 0.2) is 65.7 Å². The maximum Gasteiger partial charge on any atom is 0.221 e.